The molecule has 0 saturated carbocycles. The molecule has 0 spiro atoms. The van der Waals surface area contributed by atoms with E-state index < -0.39 is 0 Å². The van der Waals surface area contributed by atoms with Crippen LogP contribution in [0.25, 0.3) is 0 Å². The number of nitrogens with zero attached hydrogens (tertiary/aromatic N) is 2. The number of amides is 1. The topological polar surface area (TPSA) is 32.8 Å². The summed E-state index contributed by atoms with van der Waals surface area (Å²) < 4.78 is 5.45. The van der Waals surface area contributed by atoms with E-state index in [9.17, 15) is 4.79 Å². The lowest BCUT2D eigenvalue weighted by Crippen LogP contribution is -2.51. The molecule has 3 rings (SSSR count). The standard InChI is InChI=1S/C22H34N2O2/c1-3-4-5-6-13-21-20-12-8-7-10-18(20)14-15-22(25)24(21)23-16-9-11-19(23)17-26-2/h7-8,10,12,19,21H,3-6,9,11,13-17H2,1-2H3/t19-,21+/m0/s1. The molecule has 26 heavy (non-hydrogen) atoms. The Morgan fingerprint density at radius 2 is 2.00 bits per heavy atom. The van der Waals surface area contributed by atoms with Gasteiger partial charge < -0.3 is 4.74 Å². The Bertz CT molecular complexity index is 589. The summed E-state index contributed by atoms with van der Waals surface area (Å²) in [5.74, 6) is 0.282. The molecule has 0 unspecified atom stereocenters. The minimum atomic E-state index is 0.176. The minimum absolute atomic E-state index is 0.176. The van der Waals surface area contributed by atoms with Crippen molar-refractivity contribution >= 4 is 5.91 Å². The molecule has 1 aromatic rings. The van der Waals surface area contributed by atoms with Crippen LogP contribution in [0.1, 0.15) is 75.5 Å². The molecule has 2 aliphatic rings. The highest BCUT2D eigenvalue weighted by Crippen LogP contribution is 2.37. The Kier molecular flexibility index (Phi) is 7.09. The molecule has 0 radical (unpaired) electrons. The van der Waals surface area contributed by atoms with Gasteiger partial charge in [0.2, 0.25) is 5.91 Å². The molecule has 2 atom stereocenters. The second kappa shape index (κ2) is 9.52. The van der Waals surface area contributed by atoms with Gasteiger partial charge in [-0.1, -0.05) is 56.9 Å². The van der Waals surface area contributed by atoms with Crippen LogP contribution >= 0.6 is 0 Å². The summed E-state index contributed by atoms with van der Waals surface area (Å²) in [4.78, 5) is 13.2. The lowest BCUT2D eigenvalue weighted by Gasteiger charge is -2.41. The molecule has 1 saturated heterocycles. The van der Waals surface area contributed by atoms with Gasteiger partial charge in [0, 0.05) is 20.1 Å². The van der Waals surface area contributed by atoms with Crippen LogP contribution < -0.4 is 0 Å². The number of aryl methyl sites for hydroxylation is 1. The Balaban J connectivity index is 1.88. The van der Waals surface area contributed by atoms with Crippen molar-refractivity contribution in [2.45, 2.75) is 76.8 Å². The molecule has 1 aromatic carbocycles. The van der Waals surface area contributed by atoms with E-state index in [1.165, 1.54) is 36.8 Å². The van der Waals surface area contributed by atoms with E-state index in [1.54, 1.807) is 7.11 Å². The first-order chi connectivity index (χ1) is 12.8. The number of hydrogen-bond acceptors (Lipinski definition) is 3. The maximum absolute atomic E-state index is 13.2. The van der Waals surface area contributed by atoms with Gasteiger partial charge in [-0.25, -0.2) is 5.01 Å². The van der Waals surface area contributed by atoms with Gasteiger partial charge in [-0.3, -0.25) is 9.80 Å². The summed E-state index contributed by atoms with van der Waals surface area (Å²) in [5.41, 5.74) is 2.71. The van der Waals surface area contributed by atoms with E-state index in [4.69, 9.17) is 4.74 Å². The Labute approximate surface area is 158 Å². The van der Waals surface area contributed by atoms with Crippen LogP contribution in [-0.2, 0) is 16.0 Å². The average Bonchev–Trinajstić information content (AvgIpc) is 3.05. The number of fused-ring (bicyclic) bond motifs is 1. The maximum atomic E-state index is 13.2. The van der Waals surface area contributed by atoms with Crippen LogP contribution in [0.5, 0.6) is 0 Å². The van der Waals surface area contributed by atoms with Gasteiger partial charge in [-0.2, -0.15) is 0 Å². The predicted octanol–water partition coefficient (Wildman–Crippen LogP) is 4.50. The van der Waals surface area contributed by atoms with E-state index in [0.29, 0.717) is 19.1 Å². The summed E-state index contributed by atoms with van der Waals surface area (Å²) in [6.07, 6.45) is 9.73. The molecular weight excluding hydrogens is 324 g/mol. The van der Waals surface area contributed by atoms with Crippen LogP contribution in [-0.4, -0.2) is 42.2 Å². The molecule has 4 nitrogen and oxygen atoms in total. The highest BCUT2D eigenvalue weighted by Gasteiger charge is 2.38. The zero-order valence-electron chi connectivity index (χ0n) is 16.5. The third kappa shape index (κ3) is 4.29. The van der Waals surface area contributed by atoms with Crippen LogP contribution in [0.15, 0.2) is 24.3 Å². The molecular formula is C22H34N2O2. The third-order valence-electron chi connectivity index (χ3n) is 5.89. The van der Waals surface area contributed by atoms with Crippen LogP contribution in [0.3, 0.4) is 0 Å². The van der Waals surface area contributed by atoms with E-state index in [1.807, 2.05) is 0 Å². The Hall–Kier alpha value is -1.39. The van der Waals surface area contributed by atoms with Gasteiger partial charge in [0.15, 0.2) is 0 Å². The molecule has 0 bridgehead atoms. The van der Waals surface area contributed by atoms with Crippen molar-refractivity contribution in [3.8, 4) is 0 Å². The van der Waals surface area contributed by atoms with Gasteiger partial charge in [-0.15, -0.1) is 0 Å². The quantitative estimate of drug-likeness (QED) is 0.642. The molecule has 2 aliphatic heterocycles. The molecule has 1 fully saturated rings. The zero-order chi connectivity index (χ0) is 18.4. The lowest BCUT2D eigenvalue weighted by atomic mass is 9.95. The number of hydrazine groups is 1. The number of unbranched alkanes of at least 4 members (excludes halogenated alkanes) is 3. The molecule has 4 heteroatoms. The second-order valence-electron chi connectivity index (χ2n) is 7.72. The zero-order valence-corrected chi connectivity index (χ0v) is 16.5. The van der Waals surface area contributed by atoms with Crippen molar-refractivity contribution in [3.63, 3.8) is 0 Å². The van der Waals surface area contributed by atoms with Gasteiger partial charge in [0.05, 0.1) is 18.7 Å². The SMILES string of the molecule is CCCCCC[C@@H]1c2ccccc2CCC(=O)N1N1CCC[C@H]1COC. The number of benzene rings is 1. The first-order valence-corrected chi connectivity index (χ1v) is 10.4. The summed E-state index contributed by atoms with van der Waals surface area (Å²) in [5, 5.41) is 4.47. The molecule has 0 aromatic heterocycles. The lowest BCUT2D eigenvalue weighted by molar-refractivity contribution is -0.160. The van der Waals surface area contributed by atoms with Gasteiger partial charge in [-0.05, 0) is 36.8 Å². The van der Waals surface area contributed by atoms with Gasteiger partial charge in [0.1, 0.15) is 0 Å². The third-order valence-corrected chi connectivity index (χ3v) is 5.89. The van der Waals surface area contributed by atoms with E-state index >= 15 is 0 Å². The van der Waals surface area contributed by atoms with Crippen molar-refractivity contribution < 1.29 is 9.53 Å². The Morgan fingerprint density at radius 1 is 1.15 bits per heavy atom. The van der Waals surface area contributed by atoms with Crippen molar-refractivity contribution in [1.82, 2.24) is 10.0 Å². The summed E-state index contributed by atoms with van der Waals surface area (Å²) >= 11 is 0. The fraction of sp³-hybridized carbons (Fsp3) is 0.682. The summed E-state index contributed by atoms with van der Waals surface area (Å²) in [7, 11) is 1.76. The fourth-order valence-electron chi connectivity index (χ4n) is 4.58. The highest BCUT2D eigenvalue weighted by atomic mass is 16.5. The van der Waals surface area contributed by atoms with Crippen LogP contribution in [0.4, 0.5) is 0 Å². The fourth-order valence-corrected chi connectivity index (χ4v) is 4.58. The number of rotatable bonds is 8. The summed E-state index contributed by atoms with van der Waals surface area (Å²) in [6.45, 7) is 3.91. The molecule has 144 valence electrons. The van der Waals surface area contributed by atoms with Crippen molar-refractivity contribution in [1.29, 1.82) is 0 Å². The van der Waals surface area contributed by atoms with E-state index in [-0.39, 0.29) is 11.9 Å². The van der Waals surface area contributed by atoms with Crippen molar-refractivity contribution in [2.24, 2.45) is 0 Å². The number of ether oxygens (including phenoxy) is 1. The molecule has 0 N–H and O–H groups in total. The largest absolute Gasteiger partial charge is 0.383 e. The highest BCUT2D eigenvalue weighted by molar-refractivity contribution is 5.77. The van der Waals surface area contributed by atoms with Crippen molar-refractivity contribution in [2.75, 3.05) is 20.3 Å². The normalized spacial score (nSPS) is 23.9. The van der Waals surface area contributed by atoms with Crippen LogP contribution in [0, 0.1) is 0 Å². The predicted molar refractivity (Wildman–Crippen MR) is 105 cm³/mol. The summed E-state index contributed by atoms with van der Waals surface area (Å²) in [6, 6.07) is 9.19. The molecule has 1 amide bonds. The van der Waals surface area contributed by atoms with Gasteiger partial charge >= 0.3 is 0 Å². The number of hydrogen-bond donors (Lipinski definition) is 0. The number of methoxy groups -OCH3 is 1. The van der Waals surface area contributed by atoms with Crippen LogP contribution in [0.2, 0.25) is 0 Å². The van der Waals surface area contributed by atoms with E-state index in [0.717, 1.165) is 32.2 Å². The first kappa shape index (κ1) is 19.4. The smallest absolute Gasteiger partial charge is 0.237 e. The second-order valence-corrected chi connectivity index (χ2v) is 7.72. The molecule has 2 heterocycles. The average molecular weight is 359 g/mol. The minimum Gasteiger partial charge on any atom is -0.383 e. The van der Waals surface area contributed by atoms with Crippen molar-refractivity contribution in [3.05, 3.63) is 35.4 Å². The maximum Gasteiger partial charge on any atom is 0.237 e. The first-order valence-electron chi connectivity index (χ1n) is 10.4. The Morgan fingerprint density at radius 3 is 2.81 bits per heavy atom. The molecule has 0 aliphatic carbocycles. The number of carbonyl (C=O) groups is 1. The van der Waals surface area contributed by atoms with Gasteiger partial charge in [0.25, 0.3) is 0 Å². The number of carbonyl (C=O) groups excluding carboxylic acids is 1. The van der Waals surface area contributed by atoms with E-state index in [2.05, 4.69) is 41.2 Å². The monoisotopic (exact) mass is 358 g/mol.